The van der Waals surface area contributed by atoms with Crippen molar-refractivity contribution in [3.63, 3.8) is 0 Å². The lowest BCUT2D eigenvalue weighted by Crippen LogP contribution is -2.37. The van der Waals surface area contributed by atoms with Crippen LogP contribution in [-0.2, 0) is 4.79 Å². The number of nitrogens with zero attached hydrogens (tertiary/aromatic N) is 2. The summed E-state index contributed by atoms with van der Waals surface area (Å²) in [6.07, 6.45) is 1.65. The van der Waals surface area contributed by atoms with Crippen LogP contribution in [0.4, 0.5) is 5.82 Å². The number of amides is 1. The fraction of sp³-hybridized carbons (Fsp3) is 0.583. The van der Waals surface area contributed by atoms with E-state index in [9.17, 15) is 4.79 Å². The number of anilines is 1. The standard InChI is InChI=1S/C12H20N4OS/c1-7(2)10(11(13)18)12(17)15-9-5-6-14-16(9)8(3)4/h5-8,10H,1-4H3,(H2,13,18)(H,15,17). The summed E-state index contributed by atoms with van der Waals surface area (Å²) >= 11 is 4.94. The van der Waals surface area contributed by atoms with Crippen LogP contribution in [0.15, 0.2) is 12.3 Å². The minimum Gasteiger partial charge on any atom is -0.393 e. The molecule has 1 rings (SSSR count). The Morgan fingerprint density at radius 3 is 2.50 bits per heavy atom. The molecule has 3 N–H and O–H groups in total. The van der Waals surface area contributed by atoms with Gasteiger partial charge < -0.3 is 11.1 Å². The number of carbonyl (C=O) groups is 1. The maximum Gasteiger partial charge on any atom is 0.235 e. The van der Waals surface area contributed by atoms with Crippen molar-refractivity contribution in [2.45, 2.75) is 33.7 Å². The minimum absolute atomic E-state index is 0.0675. The first kappa shape index (κ1) is 14.6. The molecule has 0 saturated heterocycles. The Kier molecular flexibility index (Phi) is 4.84. The largest absolute Gasteiger partial charge is 0.393 e. The topological polar surface area (TPSA) is 72.9 Å². The van der Waals surface area contributed by atoms with Crippen molar-refractivity contribution in [2.24, 2.45) is 17.6 Å². The van der Waals surface area contributed by atoms with E-state index in [1.54, 1.807) is 16.9 Å². The molecular formula is C12H20N4OS. The van der Waals surface area contributed by atoms with Crippen LogP contribution in [0.5, 0.6) is 0 Å². The van der Waals surface area contributed by atoms with Gasteiger partial charge >= 0.3 is 0 Å². The van der Waals surface area contributed by atoms with Gasteiger partial charge in [0.05, 0.1) is 17.1 Å². The van der Waals surface area contributed by atoms with E-state index in [-0.39, 0.29) is 22.9 Å². The van der Waals surface area contributed by atoms with Crippen LogP contribution in [0, 0.1) is 11.8 Å². The quantitative estimate of drug-likeness (QED) is 0.801. The molecule has 1 amide bonds. The molecule has 0 saturated carbocycles. The Morgan fingerprint density at radius 1 is 1.44 bits per heavy atom. The Labute approximate surface area is 113 Å². The predicted molar refractivity (Wildman–Crippen MR) is 76.4 cm³/mol. The molecule has 5 nitrogen and oxygen atoms in total. The molecule has 0 aliphatic heterocycles. The Hall–Kier alpha value is -1.43. The SMILES string of the molecule is CC(C)C(C(=O)Nc1ccnn1C(C)C)C(N)=S. The number of thiocarbonyl (C=S) groups is 1. The zero-order chi connectivity index (χ0) is 13.9. The highest BCUT2D eigenvalue weighted by Crippen LogP contribution is 2.17. The molecule has 1 aromatic heterocycles. The lowest BCUT2D eigenvalue weighted by molar-refractivity contribution is -0.118. The summed E-state index contributed by atoms with van der Waals surface area (Å²) in [5.41, 5.74) is 5.61. The van der Waals surface area contributed by atoms with Gasteiger partial charge in [-0.25, -0.2) is 4.68 Å². The van der Waals surface area contributed by atoms with Crippen LogP contribution in [0.3, 0.4) is 0 Å². The zero-order valence-electron chi connectivity index (χ0n) is 11.2. The molecular weight excluding hydrogens is 248 g/mol. The Bertz CT molecular complexity index is 439. The summed E-state index contributed by atoms with van der Waals surface area (Å²) < 4.78 is 1.74. The Morgan fingerprint density at radius 2 is 2.06 bits per heavy atom. The van der Waals surface area contributed by atoms with Gasteiger partial charge in [-0.05, 0) is 19.8 Å². The molecule has 0 aromatic carbocycles. The fourth-order valence-corrected chi connectivity index (χ4v) is 2.17. The third-order valence-corrected chi connectivity index (χ3v) is 2.92. The van der Waals surface area contributed by atoms with Gasteiger partial charge in [0.25, 0.3) is 0 Å². The molecule has 100 valence electrons. The molecule has 18 heavy (non-hydrogen) atoms. The van der Waals surface area contributed by atoms with Gasteiger partial charge in [0.2, 0.25) is 5.91 Å². The van der Waals surface area contributed by atoms with E-state index in [1.165, 1.54) is 0 Å². The summed E-state index contributed by atoms with van der Waals surface area (Å²) in [6, 6.07) is 1.94. The van der Waals surface area contributed by atoms with E-state index in [0.29, 0.717) is 5.82 Å². The smallest absolute Gasteiger partial charge is 0.235 e. The summed E-state index contributed by atoms with van der Waals surface area (Å²) in [5.74, 6) is 0.0882. The first-order valence-corrected chi connectivity index (χ1v) is 6.39. The van der Waals surface area contributed by atoms with Crippen LogP contribution < -0.4 is 11.1 Å². The molecule has 6 heteroatoms. The van der Waals surface area contributed by atoms with E-state index < -0.39 is 5.92 Å². The van der Waals surface area contributed by atoms with Crippen molar-refractivity contribution in [3.8, 4) is 0 Å². The van der Waals surface area contributed by atoms with Crippen molar-refractivity contribution >= 4 is 28.9 Å². The van der Waals surface area contributed by atoms with Crippen LogP contribution in [0.1, 0.15) is 33.7 Å². The molecule has 0 aliphatic rings. The van der Waals surface area contributed by atoms with E-state index >= 15 is 0 Å². The Balaban J connectivity index is 2.86. The zero-order valence-corrected chi connectivity index (χ0v) is 12.0. The van der Waals surface area contributed by atoms with Gasteiger partial charge in [-0.1, -0.05) is 26.1 Å². The third-order valence-electron chi connectivity index (χ3n) is 2.67. The summed E-state index contributed by atoms with van der Waals surface area (Å²) in [6.45, 7) is 7.83. The lowest BCUT2D eigenvalue weighted by atomic mass is 9.95. The molecule has 0 bridgehead atoms. The molecule has 1 aromatic rings. The van der Waals surface area contributed by atoms with Gasteiger partial charge in [-0.2, -0.15) is 5.10 Å². The number of nitrogens with two attached hydrogens (primary N) is 1. The first-order valence-electron chi connectivity index (χ1n) is 5.98. The molecule has 1 heterocycles. The number of hydrogen-bond donors (Lipinski definition) is 2. The molecule has 0 spiro atoms. The number of hydrogen-bond acceptors (Lipinski definition) is 3. The van der Waals surface area contributed by atoms with Crippen molar-refractivity contribution < 1.29 is 4.79 Å². The second-order valence-electron chi connectivity index (χ2n) is 4.87. The molecule has 0 fully saturated rings. The van der Waals surface area contributed by atoms with Crippen molar-refractivity contribution in [3.05, 3.63) is 12.3 Å². The van der Waals surface area contributed by atoms with Crippen LogP contribution in [-0.4, -0.2) is 20.7 Å². The number of aromatic nitrogens is 2. The lowest BCUT2D eigenvalue weighted by Gasteiger charge is -2.19. The first-order chi connectivity index (χ1) is 8.34. The molecule has 1 atom stereocenters. The average Bonchev–Trinajstić information content (AvgIpc) is 2.63. The van der Waals surface area contributed by atoms with Crippen molar-refractivity contribution in [1.29, 1.82) is 0 Å². The van der Waals surface area contributed by atoms with Gasteiger partial charge in [0, 0.05) is 12.1 Å². The van der Waals surface area contributed by atoms with Crippen LogP contribution >= 0.6 is 12.2 Å². The number of rotatable bonds is 5. The van der Waals surface area contributed by atoms with Gasteiger partial charge in [0.15, 0.2) is 0 Å². The highest BCUT2D eigenvalue weighted by atomic mass is 32.1. The summed E-state index contributed by atoms with van der Waals surface area (Å²) in [4.78, 5) is 12.4. The minimum atomic E-state index is -0.462. The highest BCUT2D eigenvalue weighted by molar-refractivity contribution is 7.80. The van der Waals surface area contributed by atoms with Crippen LogP contribution in [0.2, 0.25) is 0 Å². The number of nitrogens with one attached hydrogen (secondary N) is 1. The van der Waals surface area contributed by atoms with Crippen molar-refractivity contribution in [2.75, 3.05) is 5.32 Å². The van der Waals surface area contributed by atoms with E-state index in [2.05, 4.69) is 10.4 Å². The second-order valence-corrected chi connectivity index (χ2v) is 5.34. The van der Waals surface area contributed by atoms with Gasteiger partial charge in [0.1, 0.15) is 5.82 Å². The molecule has 0 radical (unpaired) electrons. The van der Waals surface area contributed by atoms with Gasteiger partial charge in [-0.15, -0.1) is 0 Å². The maximum atomic E-state index is 12.1. The number of carbonyl (C=O) groups excluding carboxylic acids is 1. The molecule has 0 aliphatic carbocycles. The van der Waals surface area contributed by atoms with E-state index in [1.807, 2.05) is 27.7 Å². The van der Waals surface area contributed by atoms with Crippen LogP contribution in [0.25, 0.3) is 0 Å². The van der Waals surface area contributed by atoms with Crippen molar-refractivity contribution in [1.82, 2.24) is 9.78 Å². The normalized spacial score (nSPS) is 12.8. The maximum absolute atomic E-state index is 12.1. The third kappa shape index (κ3) is 3.29. The monoisotopic (exact) mass is 268 g/mol. The second kappa shape index (κ2) is 5.95. The van der Waals surface area contributed by atoms with E-state index in [0.717, 1.165) is 0 Å². The van der Waals surface area contributed by atoms with Gasteiger partial charge in [-0.3, -0.25) is 4.79 Å². The summed E-state index contributed by atoms with van der Waals surface area (Å²) in [7, 11) is 0. The predicted octanol–water partition coefficient (Wildman–Crippen LogP) is 1.96. The summed E-state index contributed by atoms with van der Waals surface area (Å²) in [5, 5.41) is 6.98. The molecule has 1 unspecified atom stereocenters. The van der Waals surface area contributed by atoms with E-state index in [4.69, 9.17) is 18.0 Å². The average molecular weight is 268 g/mol. The highest BCUT2D eigenvalue weighted by Gasteiger charge is 2.25. The fourth-order valence-electron chi connectivity index (χ4n) is 1.79.